The smallest absolute Gasteiger partial charge is 0.260 e. The highest BCUT2D eigenvalue weighted by molar-refractivity contribution is 5.95. The van der Waals surface area contributed by atoms with Crippen molar-refractivity contribution in [3.8, 4) is 5.75 Å². The number of halogens is 1. The second kappa shape index (κ2) is 8.21. The van der Waals surface area contributed by atoms with Crippen molar-refractivity contribution < 1.29 is 23.5 Å². The number of likely N-dealkylation sites (tertiary alicyclic amines) is 1. The molecule has 2 heterocycles. The van der Waals surface area contributed by atoms with Crippen molar-refractivity contribution in [1.29, 1.82) is 0 Å². The molecule has 0 aromatic heterocycles. The zero-order valence-corrected chi connectivity index (χ0v) is 16.1. The van der Waals surface area contributed by atoms with Gasteiger partial charge in [-0.15, -0.1) is 0 Å². The standard InChI is InChI=1S/C22H23FN2O4/c23-17-7-9-18(10-8-17)25-16-22(29-14-21(25)27)11-4-12-24(15-22)20(26)13-28-19-5-2-1-3-6-19/h1-3,5-10H,4,11-16H2. The molecule has 2 aromatic rings. The molecule has 0 bridgehead atoms. The van der Waals surface area contributed by atoms with Crippen LogP contribution in [-0.2, 0) is 14.3 Å². The Morgan fingerprint density at radius 3 is 2.62 bits per heavy atom. The predicted molar refractivity (Wildman–Crippen MR) is 105 cm³/mol. The fourth-order valence-electron chi connectivity index (χ4n) is 3.88. The first-order valence-corrected chi connectivity index (χ1v) is 9.70. The largest absolute Gasteiger partial charge is 0.484 e. The average molecular weight is 398 g/mol. The highest BCUT2D eigenvalue weighted by Crippen LogP contribution is 2.32. The molecule has 0 aliphatic carbocycles. The monoisotopic (exact) mass is 398 g/mol. The maximum absolute atomic E-state index is 13.3. The van der Waals surface area contributed by atoms with Crippen molar-refractivity contribution in [1.82, 2.24) is 4.90 Å². The van der Waals surface area contributed by atoms with Crippen LogP contribution in [-0.4, -0.2) is 55.2 Å². The van der Waals surface area contributed by atoms with Crippen molar-refractivity contribution >= 4 is 17.5 Å². The third kappa shape index (κ3) is 4.40. The highest BCUT2D eigenvalue weighted by atomic mass is 19.1. The topological polar surface area (TPSA) is 59.1 Å². The number of anilines is 1. The Bertz CT molecular complexity index is 874. The van der Waals surface area contributed by atoms with E-state index in [1.807, 2.05) is 18.2 Å². The van der Waals surface area contributed by atoms with Crippen molar-refractivity contribution in [3.05, 3.63) is 60.4 Å². The number of benzene rings is 2. The molecule has 7 heteroatoms. The Hall–Kier alpha value is -2.93. The number of morpholine rings is 1. The van der Waals surface area contributed by atoms with E-state index in [0.717, 1.165) is 12.8 Å². The molecule has 29 heavy (non-hydrogen) atoms. The third-order valence-corrected chi connectivity index (χ3v) is 5.39. The first-order valence-electron chi connectivity index (χ1n) is 9.70. The van der Waals surface area contributed by atoms with E-state index in [2.05, 4.69) is 0 Å². The Balaban J connectivity index is 1.42. The second-order valence-corrected chi connectivity index (χ2v) is 7.45. The van der Waals surface area contributed by atoms with Gasteiger partial charge in [-0.05, 0) is 49.2 Å². The van der Waals surface area contributed by atoms with Crippen LogP contribution >= 0.6 is 0 Å². The van der Waals surface area contributed by atoms with Crippen molar-refractivity contribution in [2.75, 3.05) is 37.7 Å². The lowest BCUT2D eigenvalue weighted by atomic mass is 9.90. The fraction of sp³-hybridized carbons (Fsp3) is 0.364. The van der Waals surface area contributed by atoms with Crippen LogP contribution < -0.4 is 9.64 Å². The number of ether oxygens (including phenoxy) is 2. The van der Waals surface area contributed by atoms with Crippen LogP contribution in [0.3, 0.4) is 0 Å². The van der Waals surface area contributed by atoms with E-state index in [1.165, 1.54) is 12.1 Å². The van der Waals surface area contributed by atoms with Gasteiger partial charge in [0.05, 0.1) is 13.1 Å². The summed E-state index contributed by atoms with van der Waals surface area (Å²) in [6.45, 7) is 1.27. The molecule has 6 nitrogen and oxygen atoms in total. The third-order valence-electron chi connectivity index (χ3n) is 5.39. The molecule has 2 saturated heterocycles. The number of piperidine rings is 1. The SMILES string of the molecule is O=C(COc1ccccc1)N1CCCC2(C1)CN(c1ccc(F)cc1)C(=O)CO2. The summed E-state index contributed by atoms with van der Waals surface area (Å²) in [6.07, 6.45) is 1.53. The lowest BCUT2D eigenvalue weighted by molar-refractivity contribution is -0.154. The number of hydrogen-bond acceptors (Lipinski definition) is 4. The Morgan fingerprint density at radius 1 is 1.10 bits per heavy atom. The number of carbonyl (C=O) groups is 2. The maximum Gasteiger partial charge on any atom is 0.260 e. The minimum Gasteiger partial charge on any atom is -0.484 e. The van der Waals surface area contributed by atoms with Crippen LogP contribution in [0.1, 0.15) is 12.8 Å². The average Bonchev–Trinajstić information content (AvgIpc) is 2.75. The van der Waals surface area contributed by atoms with E-state index < -0.39 is 5.60 Å². The van der Waals surface area contributed by atoms with Gasteiger partial charge in [0, 0.05) is 12.2 Å². The summed E-state index contributed by atoms with van der Waals surface area (Å²) in [5.74, 6) is 0.0199. The van der Waals surface area contributed by atoms with Gasteiger partial charge in [0.2, 0.25) is 0 Å². The number of hydrogen-bond donors (Lipinski definition) is 0. The molecule has 0 N–H and O–H groups in total. The molecule has 2 fully saturated rings. The zero-order valence-electron chi connectivity index (χ0n) is 16.1. The molecule has 0 saturated carbocycles. The Kier molecular flexibility index (Phi) is 5.49. The number of para-hydroxylation sites is 1. The molecular formula is C22H23FN2O4. The molecule has 2 amide bonds. The van der Waals surface area contributed by atoms with Gasteiger partial charge >= 0.3 is 0 Å². The lowest BCUT2D eigenvalue weighted by Crippen LogP contribution is -2.62. The molecule has 152 valence electrons. The molecule has 2 aliphatic rings. The van der Waals surface area contributed by atoms with E-state index in [9.17, 15) is 14.0 Å². The first-order chi connectivity index (χ1) is 14.0. The van der Waals surface area contributed by atoms with Crippen LogP contribution in [0.25, 0.3) is 0 Å². The summed E-state index contributed by atoms with van der Waals surface area (Å²) in [5, 5.41) is 0. The molecule has 1 spiro atoms. The highest BCUT2D eigenvalue weighted by Gasteiger charge is 2.44. The number of amides is 2. The number of nitrogens with zero attached hydrogens (tertiary/aromatic N) is 2. The van der Waals surface area contributed by atoms with Gasteiger partial charge in [0.1, 0.15) is 23.8 Å². The van der Waals surface area contributed by atoms with Crippen LogP contribution in [0.4, 0.5) is 10.1 Å². The van der Waals surface area contributed by atoms with Gasteiger partial charge < -0.3 is 19.3 Å². The fourth-order valence-corrected chi connectivity index (χ4v) is 3.88. The second-order valence-electron chi connectivity index (χ2n) is 7.45. The van der Waals surface area contributed by atoms with E-state index in [0.29, 0.717) is 31.1 Å². The van der Waals surface area contributed by atoms with Gasteiger partial charge in [-0.25, -0.2) is 4.39 Å². The molecule has 0 radical (unpaired) electrons. The number of rotatable bonds is 4. The lowest BCUT2D eigenvalue weighted by Gasteiger charge is -2.47. The minimum absolute atomic E-state index is 0.0410. The van der Waals surface area contributed by atoms with E-state index in [4.69, 9.17) is 9.47 Å². The summed E-state index contributed by atoms with van der Waals surface area (Å²) in [6, 6.07) is 15.1. The van der Waals surface area contributed by atoms with Crippen molar-refractivity contribution in [2.24, 2.45) is 0 Å². The summed E-state index contributed by atoms with van der Waals surface area (Å²) in [5.41, 5.74) is 0.0121. The van der Waals surface area contributed by atoms with E-state index >= 15 is 0 Å². The minimum atomic E-state index is -0.622. The Morgan fingerprint density at radius 2 is 1.86 bits per heavy atom. The predicted octanol–water partition coefficient (Wildman–Crippen LogP) is 2.63. The molecule has 2 aliphatic heterocycles. The summed E-state index contributed by atoms with van der Waals surface area (Å²) >= 11 is 0. The van der Waals surface area contributed by atoms with Crippen LogP contribution in [0, 0.1) is 5.82 Å². The van der Waals surface area contributed by atoms with Gasteiger partial charge in [-0.2, -0.15) is 0 Å². The van der Waals surface area contributed by atoms with E-state index in [-0.39, 0.29) is 30.8 Å². The maximum atomic E-state index is 13.3. The van der Waals surface area contributed by atoms with Crippen molar-refractivity contribution in [2.45, 2.75) is 18.4 Å². The molecular weight excluding hydrogens is 375 g/mol. The van der Waals surface area contributed by atoms with Gasteiger partial charge in [0.15, 0.2) is 6.61 Å². The summed E-state index contributed by atoms with van der Waals surface area (Å²) < 4.78 is 24.8. The van der Waals surface area contributed by atoms with Gasteiger partial charge in [-0.1, -0.05) is 18.2 Å². The molecule has 1 unspecified atom stereocenters. The Labute approximate surface area is 168 Å². The van der Waals surface area contributed by atoms with Gasteiger partial charge in [0.25, 0.3) is 11.8 Å². The summed E-state index contributed by atoms with van der Waals surface area (Å²) in [7, 11) is 0. The van der Waals surface area contributed by atoms with Crippen LogP contribution in [0.2, 0.25) is 0 Å². The van der Waals surface area contributed by atoms with Gasteiger partial charge in [-0.3, -0.25) is 9.59 Å². The molecule has 4 rings (SSSR count). The quantitative estimate of drug-likeness (QED) is 0.795. The normalized spacial score (nSPS) is 22.0. The van der Waals surface area contributed by atoms with Crippen LogP contribution in [0.15, 0.2) is 54.6 Å². The summed E-state index contributed by atoms with van der Waals surface area (Å²) in [4.78, 5) is 28.4. The van der Waals surface area contributed by atoms with Crippen molar-refractivity contribution in [3.63, 3.8) is 0 Å². The first kappa shape index (κ1) is 19.4. The van der Waals surface area contributed by atoms with Crippen LogP contribution in [0.5, 0.6) is 5.75 Å². The number of carbonyl (C=O) groups excluding carboxylic acids is 2. The molecule has 1 atom stereocenters. The van der Waals surface area contributed by atoms with E-state index in [1.54, 1.807) is 34.1 Å². The zero-order chi connectivity index (χ0) is 20.3. The molecule has 2 aromatic carbocycles.